The summed E-state index contributed by atoms with van der Waals surface area (Å²) in [6.45, 7) is 9.15. The molecule has 1 saturated carbocycles. The molecule has 234 valence electrons. The third-order valence-corrected chi connectivity index (χ3v) is 9.83. The smallest absolute Gasteiger partial charge is 0.245 e. The molecule has 3 aliphatic rings. The lowest BCUT2D eigenvalue weighted by Crippen LogP contribution is -2.65. The van der Waals surface area contributed by atoms with E-state index in [1.165, 1.54) is 18.6 Å². The largest absolute Gasteiger partial charge is 0.345 e. The summed E-state index contributed by atoms with van der Waals surface area (Å²) in [6, 6.07) is 4.88. The molecule has 1 unspecified atom stereocenters. The SMILES string of the molecule is CCCCN(C)C(=O)C1(C2CCCCC2)CCN(C(=O)[C@@H](Cc2ccc(F)cc2)NC(=O)C2CNC(C)(C)CN2)CC1. The third-order valence-electron chi connectivity index (χ3n) is 9.83. The number of carbonyl (C=O) groups excluding carboxylic acids is 3. The van der Waals surface area contributed by atoms with Crippen molar-refractivity contribution in [1.82, 2.24) is 25.8 Å². The van der Waals surface area contributed by atoms with Gasteiger partial charge in [0.05, 0.1) is 11.5 Å². The van der Waals surface area contributed by atoms with Crippen LogP contribution < -0.4 is 16.0 Å². The number of halogens is 1. The first kappa shape index (κ1) is 32.4. The van der Waals surface area contributed by atoms with Gasteiger partial charge in [0.15, 0.2) is 0 Å². The lowest BCUT2D eigenvalue weighted by atomic mass is 9.63. The zero-order valence-electron chi connectivity index (χ0n) is 26.1. The summed E-state index contributed by atoms with van der Waals surface area (Å²) in [6.07, 6.45) is 9.31. The van der Waals surface area contributed by atoms with Crippen molar-refractivity contribution in [3.63, 3.8) is 0 Å². The van der Waals surface area contributed by atoms with Crippen molar-refractivity contribution in [3.05, 3.63) is 35.6 Å². The van der Waals surface area contributed by atoms with Crippen LogP contribution in [0.25, 0.3) is 0 Å². The van der Waals surface area contributed by atoms with Gasteiger partial charge in [-0.15, -0.1) is 0 Å². The van der Waals surface area contributed by atoms with Crippen LogP contribution in [0.1, 0.15) is 84.1 Å². The number of rotatable bonds is 10. The minimum Gasteiger partial charge on any atom is -0.345 e. The van der Waals surface area contributed by atoms with Crippen LogP contribution in [0.2, 0.25) is 0 Å². The number of likely N-dealkylation sites (tertiary alicyclic amines) is 1. The Morgan fingerprint density at radius 1 is 1.10 bits per heavy atom. The number of piperazine rings is 1. The van der Waals surface area contributed by atoms with E-state index in [1.807, 2.05) is 16.8 Å². The van der Waals surface area contributed by atoms with Crippen LogP contribution >= 0.6 is 0 Å². The number of hydrogen-bond acceptors (Lipinski definition) is 5. The Kier molecular flexibility index (Phi) is 11.0. The summed E-state index contributed by atoms with van der Waals surface area (Å²) >= 11 is 0. The summed E-state index contributed by atoms with van der Waals surface area (Å²) in [5.41, 5.74) is 0.243. The van der Waals surface area contributed by atoms with E-state index in [0.29, 0.717) is 44.9 Å². The van der Waals surface area contributed by atoms with Crippen LogP contribution in [0.3, 0.4) is 0 Å². The maximum Gasteiger partial charge on any atom is 0.245 e. The highest BCUT2D eigenvalue weighted by Gasteiger charge is 2.49. The van der Waals surface area contributed by atoms with Gasteiger partial charge in [-0.05, 0) is 69.6 Å². The normalized spacial score (nSPS) is 23.2. The van der Waals surface area contributed by atoms with Gasteiger partial charge in [0, 0.05) is 51.7 Å². The number of nitrogens with zero attached hydrogens (tertiary/aromatic N) is 2. The Morgan fingerprint density at radius 3 is 2.36 bits per heavy atom. The van der Waals surface area contributed by atoms with Crippen molar-refractivity contribution in [3.8, 4) is 0 Å². The van der Waals surface area contributed by atoms with Crippen molar-refractivity contribution >= 4 is 17.7 Å². The summed E-state index contributed by atoms with van der Waals surface area (Å²) in [4.78, 5) is 45.1. The second-order valence-electron chi connectivity index (χ2n) is 13.5. The Bertz CT molecular complexity index is 1050. The van der Waals surface area contributed by atoms with E-state index in [0.717, 1.165) is 50.6 Å². The van der Waals surface area contributed by atoms with Crippen LogP contribution in [0, 0.1) is 17.2 Å². The summed E-state index contributed by atoms with van der Waals surface area (Å²) in [5.74, 6) is -0.108. The predicted molar refractivity (Wildman–Crippen MR) is 163 cm³/mol. The number of carbonyl (C=O) groups is 3. The number of piperidine rings is 1. The first-order chi connectivity index (χ1) is 20.0. The van der Waals surface area contributed by atoms with E-state index < -0.39 is 17.5 Å². The van der Waals surface area contributed by atoms with Crippen LogP contribution in [-0.2, 0) is 20.8 Å². The van der Waals surface area contributed by atoms with E-state index in [-0.39, 0.29) is 35.5 Å². The molecule has 0 radical (unpaired) electrons. The van der Waals surface area contributed by atoms with E-state index in [9.17, 15) is 18.8 Å². The molecule has 1 aromatic carbocycles. The minimum atomic E-state index is -0.773. The molecule has 2 aliphatic heterocycles. The highest BCUT2D eigenvalue weighted by molar-refractivity contribution is 5.90. The molecule has 2 saturated heterocycles. The van der Waals surface area contributed by atoms with Gasteiger partial charge in [-0.1, -0.05) is 44.7 Å². The Morgan fingerprint density at radius 2 is 1.76 bits per heavy atom. The molecule has 8 nitrogen and oxygen atoms in total. The topological polar surface area (TPSA) is 93.8 Å². The number of unbranched alkanes of at least 4 members (excludes halogenated alkanes) is 1. The molecule has 4 rings (SSSR count). The summed E-state index contributed by atoms with van der Waals surface area (Å²) < 4.78 is 13.6. The summed E-state index contributed by atoms with van der Waals surface area (Å²) in [7, 11) is 1.93. The maximum absolute atomic E-state index is 14.0. The lowest BCUT2D eigenvalue weighted by molar-refractivity contribution is -0.153. The molecule has 3 N–H and O–H groups in total. The first-order valence-corrected chi connectivity index (χ1v) is 16.1. The molecule has 9 heteroatoms. The van der Waals surface area contributed by atoms with Gasteiger partial charge in [0.2, 0.25) is 17.7 Å². The zero-order chi connectivity index (χ0) is 30.3. The molecular weight excluding hydrogens is 533 g/mol. The van der Waals surface area contributed by atoms with Crippen molar-refractivity contribution in [2.24, 2.45) is 11.3 Å². The van der Waals surface area contributed by atoms with E-state index in [2.05, 4.69) is 36.7 Å². The van der Waals surface area contributed by atoms with Gasteiger partial charge < -0.3 is 25.8 Å². The molecule has 1 aliphatic carbocycles. The van der Waals surface area contributed by atoms with Gasteiger partial charge in [0.25, 0.3) is 0 Å². The molecule has 2 atom stereocenters. The average Bonchev–Trinajstić information content (AvgIpc) is 3.00. The third kappa shape index (κ3) is 7.90. The molecule has 1 aromatic rings. The van der Waals surface area contributed by atoms with Gasteiger partial charge >= 0.3 is 0 Å². The van der Waals surface area contributed by atoms with Gasteiger partial charge in [-0.2, -0.15) is 0 Å². The number of nitrogens with one attached hydrogen (secondary N) is 3. The standard InChI is InChI=1S/C33H52FN5O3/c1-5-6-18-38(4)31(42)33(25-10-8-7-9-11-25)16-19-39(20-17-33)30(41)27(21-24-12-14-26(34)15-13-24)37-29(40)28-22-36-32(2,3)23-35-28/h12-15,25,27-28,35-36H,5-11,16-23H2,1-4H3,(H,37,40)/t27-,28?/m1/s1. The molecule has 3 amide bonds. The van der Waals surface area contributed by atoms with E-state index >= 15 is 0 Å². The predicted octanol–water partition coefficient (Wildman–Crippen LogP) is 3.64. The Hall–Kier alpha value is -2.52. The van der Waals surface area contributed by atoms with Crippen molar-refractivity contribution in [2.75, 3.05) is 39.8 Å². The summed E-state index contributed by atoms with van der Waals surface area (Å²) in [5, 5.41) is 9.71. The van der Waals surface area contributed by atoms with Crippen LogP contribution in [0.5, 0.6) is 0 Å². The second kappa shape index (κ2) is 14.3. The number of amides is 3. The zero-order valence-corrected chi connectivity index (χ0v) is 26.1. The molecule has 0 aromatic heterocycles. The molecule has 0 bridgehead atoms. The highest BCUT2D eigenvalue weighted by atomic mass is 19.1. The molecule has 0 spiro atoms. The van der Waals surface area contributed by atoms with Gasteiger partial charge in [0.1, 0.15) is 11.9 Å². The molecular formula is C33H52FN5O3. The number of benzene rings is 1. The van der Waals surface area contributed by atoms with Crippen molar-refractivity contribution in [2.45, 2.75) is 103 Å². The molecule has 3 fully saturated rings. The minimum absolute atomic E-state index is 0.110. The lowest BCUT2D eigenvalue weighted by Gasteiger charge is -2.48. The van der Waals surface area contributed by atoms with E-state index in [1.54, 1.807) is 12.1 Å². The van der Waals surface area contributed by atoms with Gasteiger partial charge in [-0.25, -0.2) is 4.39 Å². The monoisotopic (exact) mass is 585 g/mol. The van der Waals surface area contributed by atoms with Crippen molar-refractivity contribution < 1.29 is 18.8 Å². The second-order valence-corrected chi connectivity index (χ2v) is 13.5. The van der Waals surface area contributed by atoms with Crippen LogP contribution in [0.4, 0.5) is 4.39 Å². The van der Waals surface area contributed by atoms with Crippen LogP contribution in [0.15, 0.2) is 24.3 Å². The first-order valence-electron chi connectivity index (χ1n) is 16.1. The maximum atomic E-state index is 14.0. The van der Waals surface area contributed by atoms with Gasteiger partial charge in [-0.3, -0.25) is 14.4 Å². The highest BCUT2D eigenvalue weighted by Crippen LogP contribution is 2.47. The number of hydrogen-bond donors (Lipinski definition) is 3. The Labute approximate surface area is 251 Å². The fraction of sp³-hybridized carbons (Fsp3) is 0.727. The fourth-order valence-corrected chi connectivity index (χ4v) is 7.08. The van der Waals surface area contributed by atoms with Crippen LogP contribution in [-0.4, -0.2) is 84.9 Å². The van der Waals surface area contributed by atoms with Crippen molar-refractivity contribution in [1.29, 1.82) is 0 Å². The Balaban J connectivity index is 1.49. The quantitative estimate of drug-likeness (QED) is 0.390. The van der Waals surface area contributed by atoms with E-state index in [4.69, 9.17) is 0 Å². The molecule has 42 heavy (non-hydrogen) atoms. The fourth-order valence-electron chi connectivity index (χ4n) is 7.08. The average molecular weight is 586 g/mol. The molecule has 2 heterocycles.